The van der Waals surface area contributed by atoms with E-state index in [-0.39, 0.29) is 35.5 Å². The summed E-state index contributed by atoms with van der Waals surface area (Å²) in [5, 5.41) is 0. The molecule has 1 saturated heterocycles. The van der Waals surface area contributed by atoms with E-state index in [2.05, 4.69) is 0 Å². The van der Waals surface area contributed by atoms with Crippen molar-refractivity contribution >= 4 is 5.83 Å². The largest absolute Gasteiger partial charge is 0.491 e. The van der Waals surface area contributed by atoms with Crippen molar-refractivity contribution < 1.29 is 36.2 Å². The predicted octanol–water partition coefficient (Wildman–Crippen LogP) is 6.52. The van der Waals surface area contributed by atoms with E-state index in [9.17, 15) is 22.0 Å². The maximum Gasteiger partial charge on any atom is 0.214 e. The molecule has 1 heterocycles. The van der Waals surface area contributed by atoms with Gasteiger partial charge >= 0.3 is 0 Å². The third-order valence-electron chi connectivity index (χ3n) is 4.90. The number of benzene rings is 2. The predicted molar refractivity (Wildman–Crippen MR) is 107 cm³/mol. The van der Waals surface area contributed by atoms with Gasteiger partial charge in [-0.3, -0.25) is 0 Å². The normalized spacial score (nSPS) is 22.2. The summed E-state index contributed by atoms with van der Waals surface area (Å²) in [6, 6.07) is 7.74. The van der Waals surface area contributed by atoms with Crippen molar-refractivity contribution in [2.45, 2.75) is 38.6 Å². The van der Waals surface area contributed by atoms with Crippen LogP contribution >= 0.6 is 0 Å². The molecule has 2 aromatic rings. The Morgan fingerprint density at radius 1 is 1.00 bits per heavy atom. The van der Waals surface area contributed by atoms with Crippen molar-refractivity contribution in [3.05, 3.63) is 59.4 Å². The van der Waals surface area contributed by atoms with Crippen LogP contribution in [0.25, 0.3) is 17.0 Å². The van der Waals surface area contributed by atoms with Gasteiger partial charge in [0.25, 0.3) is 0 Å². The lowest BCUT2D eigenvalue weighted by molar-refractivity contribution is -0.223. The number of alkyl halides is 1. The molecule has 1 fully saturated rings. The molecular formula is C23H23F5O3. The van der Waals surface area contributed by atoms with Crippen LogP contribution in [0.3, 0.4) is 0 Å². The van der Waals surface area contributed by atoms with Crippen molar-refractivity contribution in [1.29, 1.82) is 0 Å². The van der Waals surface area contributed by atoms with Crippen molar-refractivity contribution in [2.24, 2.45) is 0 Å². The van der Waals surface area contributed by atoms with E-state index in [0.29, 0.717) is 6.42 Å². The fourth-order valence-corrected chi connectivity index (χ4v) is 3.34. The summed E-state index contributed by atoms with van der Waals surface area (Å²) < 4.78 is 86.9. The summed E-state index contributed by atoms with van der Waals surface area (Å²) >= 11 is 0. The van der Waals surface area contributed by atoms with E-state index in [0.717, 1.165) is 0 Å². The highest BCUT2D eigenvalue weighted by Gasteiger charge is 2.38. The van der Waals surface area contributed by atoms with Gasteiger partial charge in [-0.05, 0) is 31.0 Å². The van der Waals surface area contributed by atoms with E-state index < -0.39 is 48.5 Å². The number of rotatable bonds is 7. The molecule has 2 aromatic carbocycles. The van der Waals surface area contributed by atoms with Gasteiger partial charge in [0.2, 0.25) is 12.1 Å². The fourth-order valence-electron chi connectivity index (χ4n) is 3.34. The number of hydrogen-bond donors (Lipinski definition) is 0. The summed E-state index contributed by atoms with van der Waals surface area (Å²) in [5.74, 6) is -4.99. The molecule has 0 atom stereocenters. The van der Waals surface area contributed by atoms with Gasteiger partial charge in [0.15, 0.2) is 28.9 Å². The Labute approximate surface area is 177 Å². The molecule has 0 saturated carbocycles. The maximum atomic E-state index is 14.6. The molecule has 31 heavy (non-hydrogen) atoms. The lowest BCUT2D eigenvalue weighted by atomic mass is 10.0. The minimum absolute atomic E-state index is 0.0495. The molecular weight excluding hydrogens is 419 g/mol. The highest BCUT2D eigenvalue weighted by molar-refractivity contribution is 5.69. The van der Waals surface area contributed by atoms with Gasteiger partial charge in [-0.2, -0.15) is 4.39 Å². The second-order valence-corrected chi connectivity index (χ2v) is 7.27. The van der Waals surface area contributed by atoms with E-state index in [4.69, 9.17) is 14.2 Å². The SMILES string of the molecule is CCCC1(F)COC(/C(F)=C(\F)c2ccc(-c3ccc(OCC)c(F)c3F)cc2)OC1. The molecule has 3 nitrogen and oxygen atoms in total. The fraction of sp³-hybridized carbons (Fsp3) is 0.391. The highest BCUT2D eigenvalue weighted by Crippen LogP contribution is 2.34. The third-order valence-corrected chi connectivity index (χ3v) is 4.90. The molecule has 1 aliphatic rings. The highest BCUT2D eigenvalue weighted by atomic mass is 19.2. The van der Waals surface area contributed by atoms with Crippen LogP contribution in [0.1, 0.15) is 32.3 Å². The van der Waals surface area contributed by atoms with Gasteiger partial charge in [-0.25, -0.2) is 17.6 Å². The van der Waals surface area contributed by atoms with Gasteiger partial charge in [-0.1, -0.05) is 37.6 Å². The first-order chi connectivity index (χ1) is 14.8. The molecule has 168 valence electrons. The van der Waals surface area contributed by atoms with Crippen LogP contribution in [0.15, 0.2) is 42.2 Å². The van der Waals surface area contributed by atoms with Crippen LogP contribution in [-0.4, -0.2) is 31.8 Å². The molecule has 1 aliphatic heterocycles. The Hall–Kier alpha value is -2.45. The minimum Gasteiger partial charge on any atom is -0.491 e. The standard InChI is InChI=1S/C23H23F5O3/c1-3-11-23(28)12-30-22(31-13-23)21(27)18(24)15-7-5-14(6-8-15)16-9-10-17(29-4-2)20(26)19(16)25/h5-10,22H,3-4,11-13H2,1-2H3/b21-18+. The summed E-state index contributed by atoms with van der Waals surface area (Å²) in [6.07, 6.45) is -0.887. The van der Waals surface area contributed by atoms with Crippen LogP contribution in [0.2, 0.25) is 0 Å². The molecule has 0 aliphatic carbocycles. The molecule has 0 N–H and O–H groups in total. The summed E-state index contributed by atoms with van der Waals surface area (Å²) in [5.41, 5.74) is -1.65. The quantitative estimate of drug-likeness (QED) is 0.457. The Morgan fingerprint density at radius 2 is 1.65 bits per heavy atom. The average molecular weight is 442 g/mol. The van der Waals surface area contributed by atoms with Gasteiger partial charge in [0, 0.05) is 11.1 Å². The van der Waals surface area contributed by atoms with E-state index in [1.807, 2.05) is 0 Å². The number of halogens is 5. The summed E-state index contributed by atoms with van der Waals surface area (Å²) in [7, 11) is 0. The molecule has 0 bridgehead atoms. The minimum atomic E-state index is -1.72. The zero-order chi connectivity index (χ0) is 22.6. The van der Waals surface area contributed by atoms with Crippen LogP contribution in [0, 0.1) is 11.6 Å². The second-order valence-electron chi connectivity index (χ2n) is 7.27. The average Bonchev–Trinajstić information content (AvgIpc) is 2.77. The molecule has 0 unspecified atom stereocenters. The smallest absolute Gasteiger partial charge is 0.214 e. The second kappa shape index (κ2) is 9.78. The lowest BCUT2D eigenvalue weighted by Gasteiger charge is -2.33. The third kappa shape index (κ3) is 5.07. The van der Waals surface area contributed by atoms with Gasteiger partial charge in [0.1, 0.15) is 0 Å². The summed E-state index contributed by atoms with van der Waals surface area (Å²) in [4.78, 5) is 0. The molecule has 0 spiro atoms. The first kappa shape index (κ1) is 23.2. The lowest BCUT2D eigenvalue weighted by Crippen LogP contribution is -2.44. The number of ether oxygens (including phenoxy) is 3. The van der Waals surface area contributed by atoms with Crippen molar-refractivity contribution in [2.75, 3.05) is 19.8 Å². The Balaban J connectivity index is 1.77. The molecule has 0 aromatic heterocycles. The first-order valence-corrected chi connectivity index (χ1v) is 9.98. The van der Waals surface area contributed by atoms with Crippen molar-refractivity contribution in [3.63, 3.8) is 0 Å². The maximum absolute atomic E-state index is 14.6. The Morgan fingerprint density at radius 3 is 2.23 bits per heavy atom. The molecule has 3 rings (SSSR count). The van der Waals surface area contributed by atoms with Crippen LogP contribution < -0.4 is 4.74 Å². The van der Waals surface area contributed by atoms with E-state index >= 15 is 0 Å². The van der Waals surface area contributed by atoms with Crippen molar-refractivity contribution in [1.82, 2.24) is 0 Å². The van der Waals surface area contributed by atoms with Crippen LogP contribution in [0.5, 0.6) is 5.75 Å². The van der Waals surface area contributed by atoms with E-state index in [1.54, 1.807) is 13.8 Å². The molecule has 8 heteroatoms. The van der Waals surface area contributed by atoms with E-state index in [1.165, 1.54) is 36.4 Å². The Kier molecular flexibility index (Phi) is 7.33. The first-order valence-electron chi connectivity index (χ1n) is 9.98. The summed E-state index contributed by atoms with van der Waals surface area (Å²) in [6.45, 7) is 2.83. The zero-order valence-electron chi connectivity index (χ0n) is 17.2. The monoisotopic (exact) mass is 442 g/mol. The zero-order valence-corrected chi connectivity index (χ0v) is 17.2. The van der Waals surface area contributed by atoms with Crippen LogP contribution in [0.4, 0.5) is 22.0 Å². The van der Waals surface area contributed by atoms with Crippen LogP contribution in [-0.2, 0) is 9.47 Å². The number of hydrogen-bond acceptors (Lipinski definition) is 3. The van der Waals surface area contributed by atoms with Gasteiger partial charge < -0.3 is 14.2 Å². The molecule has 0 amide bonds. The van der Waals surface area contributed by atoms with Crippen molar-refractivity contribution in [3.8, 4) is 16.9 Å². The van der Waals surface area contributed by atoms with Gasteiger partial charge in [0.05, 0.1) is 19.8 Å². The van der Waals surface area contributed by atoms with Gasteiger partial charge in [-0.15, -0.1) is 0 Å². The Bertz CT molecular complexity index is 935. The topological polar surface area (TPSA) is 27.7 Å². The molecule has 0 radical (unpaired) electrons.